The molecule has 0 radical (unpaired) electrons. The summed E-state index contributed by atoms with van der Waals surface area (Å²) < 4.78 is 0. The van der Waals surface area contributed by atoms with E-state index in [4.69, 9.17) is 0 Å². The first-order valence-electron chi connectivity index (χ1n) is 5.91. The number of nitrogens with one attached hydrogen (secondary N) is 1. The largest absolute Gasteiger partial charge is 0.313 e. The third kappa shape index (κ3) is 6.39. The maximum Gasteiger partial charge on any atom is 0.0215 e. The summed E-state index contributed by atoms with van der Waals surface area (Å²) in [5.41, 5.74) is 0. The molecule has 1 N–H and O–H groups in total. The van der Waals surface area contributed by atoms with Crippen LogP contribution in [-0.4, -0.2) is 37.1 Å². The molecule has 2 nitrogen and oxygen atoms in total. The number of nitrogens with zero attached hydrogens (tertiary/aromatic N) is 1. The lowest BCUT2D eigenvalue weighted by Crippen LogP contribution is -2.43. The van der Waals surface area contributed by atoms with Crippen molar-refractivity contribution in [1.29, 1.82) is 0 Å². The SMILES string of the molecule is CCC(CNC(C)C)N(C)CC(C)C. The highest BCUT2D eigenvalue weighted by atomic mass is 15.1. The molecule has 0 aliphatic carbocycles. The van der Waals surface area contributed by atoms with Crippen LogP contribution in [0.5, 0.6) is 0 Å². The molecule has 0 saturated heterocycles. The van der Waals surface area contributed by atoms with Gasteiger partial charge in [0.05, 0.1) is 0 Å². The minimum Gasteiger partial charge on any atom is -0.313 e. The Morgan fingerprint density at radius 2 is 1.71 bits per heavy atom. The van der Waals surface area contributed by atoms with Crippen molar-refractivity contribution in [3.05, 3.63) is 0 Å². The predicted molar refractivity (Wildman–Crippen MR) is 64.7 cm³/mol. The molecule has 0 aromatic heterocycles. The van der Waals surface area contributed by atoms with E-state index in [1.165, 1.54) is 13.0 Å². The van der Waals surface area contributed by atoms with Crippen molar-refractivity contribution in [2.45, 2.75) is 53.1 Å². The van der Waals surface area contributed by atoms with E-state index < -0.39 is 0 Å². The zero-order valence-electron chi connectivity index (χ0n) is 10.8. The molecule has 0 bridgehead atoms. The molecule has 1 atom stereocenters. The minimum absolute atomic E-state index is 0.594. The van der Waals surface area contributed by atoms with Crippen molar-refractivity contribution < 1.29 is 0 Å². The van der Waals surface area contributed by atoms with Gasteiger partial charge in [0.15, 0.2) is 0 Å². The zero-order valence-corrected chi connectivity index (χ0v) is 10.8. The average Bonchev–Trinajstić information content (AvgIpc) is 2.03. The van der Waals surface area contributed by atoms with Gasteiger partial charge in [0.25, 0.3) is 0 Å². The van der Waals surface area contributed by atoms with Gasteiger partial charge < -0.3 is 10.2 Å². The van der Waals surface area contributed by atoms with E-state index in [1.807, 2.05) is 0 Å². The second-order valence-electron chi connectivity index (χ2n) is 4.96. The van der Waals surface area contributed by atoms with E-state index in [1.54, 1.807) is 0 Å². The highest BCUT2D eigenvalue weighted by Crippen LogP contribution is 2.04. The average molecular weight is 200 g/mol. The van der Waals surface area contributed by atoms with E-state index in [-0.39, 0.29) is 0 Å². The summed E-state index contributed by atoms with van der Waals surface area (Å²) in [6.07, 6.45) is 1.23. The third-order valence-electron chi connectivity index (χ3n) is 2.51. The Labute approximate surface area is 90.1 Å². The molecule has 0 aliphatic rings. The van der Waals surface area contributed by atoms with Crippen LogP contribution in [0.4, 0.5) is 0 Å². The minimum atomic E-state index is 0.594. The number of rotatable bonds is 7. The van der Waals surface area contributed by atoms with Gasteiger partial charge in [0.2, 0.25) is 0 Å². The predicted octanol–water partition coefficient (Wildman–Crippen LogP) is 2.35. The first-order valence-corrected chi connectivity index (χ1v) is 5.91. The van der Waals surface area contributed by atoms with E-state index in [0.717, 1.165) is 12.5 Å². The van der Waals surface area contributed by atoms with Gasteiger partial charge >= 0.3 is 0 Å². The molecule has 0 heterocycles. The molecule has 0 aromatic rings. The molecular weight excluding hydrogens is 172 g/mol. The van der Waals surface area contributed by atoms with Gasteiger partial charge in [0, 0.05) is 25.2 Å². The second kappa shape index (κ2) is 7.24. The topological polar surface area (TPSA) is 15.3 Å². The summed E-state index contributed by atoms with van der Waals surface area (Å²) in [6, 6.07) is 1.27. The van der Waals surface area contributed by atoms with E-state index in [0.29, 0.717) is 12.1 Å². The van der Waals surface area contributed by atoms with Crippen molar-refractivity contribution in [1.82, 2.24) is 10.2 Å². The van der Waals surface area contributed by atoms with Crippen LogP contribution in [-0.2, 0) is 0 Å². The lowest BCUT2D eigenvalue weighted by molar-refractivity contribution is 0.204. The van der Waals surface area contributed by atoms with Crippen molar-refractivity contribution in [3.63, 3.8) is 0 Å². The number of likely N-dealkylation sites (N-methyl/N-ethyl adjacent to an activating group) is 1. The molecule has 0 aliphatic heterocycles. The van der Waals surface area contributed by atoms with Gasteiger partial charge in [-0.25, -0.2) is 0 Å². The van der Waals surface area contributed by atoms with E-state index in [2.05, 4.69) is 51.9 Å². The summed E-state index contributed by atoms with van der Waals surface area (Å²) in [5, 5.41) is 3.51. The standard InChI is InChI=1S/C12H28N2/c1-7-12(8-13-11(4)5)14(6)9-10(2)3/h10-13H,7-9H2,1-6H3. The summed E-state index contributed by atoms with van der Waals surface area (Å²) in [6.45, 7) is 13.5. The highest BCUT2D eigenvalue weighted by molar-refractivity contribution is 4.71. The lowest BCUT2D eigenvalue weighted by atomic mass is 10.1. The molecule has 0 fully saturated rings. The van der Waals surface area contributed by atoms with Crippen molar-refractivity contribution >= 4 is 0 Å². The Kier molecular flexibility index (Phi) is 7.20. The Morgan fingerprint density at radius 1 is 1.14 bits per heavy atom. The lowest BCUT2D eigenvalue weighted by Gasteiger charge is -2.29. The first kappa shape index (κ1) is 13.9. The van der Waals surface area contributed by atoms with Crippen LogP contribution in [0.15, 0.2) is 0 Å². The second-order valence-corrected chi connectivity index (χ2v) is 4.96. The van der Waals surface area contributed by atoms with Crippen molar-refractivity contribution in [2.75, 3.05) is 20.1 Å². The van der Waals surface area contributed by atoms with Gasteiger partial charge in [0.1, 0.15) is 0 Å². The fourth-order valence-corrected chi connectivity index (χ4v) is 1.71. The van der Waals surface area contributed by atoms with Crippen molar-refractivity contribution in [3.8, 4) is 0 Å². The quantitative estimate of drug-likeness (QED) is 0.678. The van der Waals surface area contributed by atoms with Gasteiger partial charge in [-0.1, -0.05) is 34.6 Å². The van der Waals surface area contributed by atoms with Gasteiger partial charge in [-0.05, 0) is 19.4 Å². The normalized spacial score (nSPS) is 14.4. The summed E-state index contributed by atoms with van der Waals surface area (Å²) in [4.78, 5) is 2.47. The van der Waals surface area contributed by atoms with Gasteiger partial charge in [-0.3, -0.25) is 0 Å². The van der Waals surface area contributed by atoms with Crippen LogP contribution < -0.4 is 5.32 Å². The van der Waals surface area contributed by atoms with Gasteiger partial charge in [-0.2, -0.15) is 0 Å². The third-order valence-corrected chi connectivity index (χ3v) is 2.51. The van der Waals surface area contributed by atoms with E-state index in [9.17, 15) is 0 Å². The maximum atomic E-state index is 3.51. The molecule has 0 aromatic carbocycles. The van der Waals surface area contributed by atoms with E-state index >= 15 is 0 Å². The van der Waals surface area contributed by atoms with Crippen LogP contribution in [0.2, 0.25) is 0 Å². The molecule has 86 valence electrons. The summed E-state index contributed by atoms with van der Waals surface area (Å²) in [7, 11) is 2.23. The fourth-order valence-electron chi connectivity index (χ4n) is 1.71. The molecule has 0 amide bonds. The van der Waals surface area contributed by atoms with Crippen LogP contribution in [0.25, 0.3) is 0 Å². The molecule has 14 heavy (non-hydrogen) atoms. The molecule has 0 rings (SSSR count). The fraction of sp³-hybridized carbons (Fsp3) is 1.00. The van der Waals surface area contributed by atoms with Crippen LogP contribution in [0, 0.1) is 5.92 Å². The molecule has 2 heteroatoms. The Balaban J connectivity index is 3.86. The van der Waals surface area contributed by atoms with Crippen molar-refractivity contribution in [2.24, 2.45) is 5.92 Å². The highest BCUT2D eigenvalue weighted by Gasteiger charge is 2.13. The number of hydrogen-bond acceptors (Lipinski definition) is 2. The Morgan fingerprint density at radius 3 is 2.07 bits per heavy atom. The Hall–Kier alpha value is -0.0800. The van der Waals surface area contributed by atoms with Gasteiger partial charge in [-0.15, -0.1) is 0 Å². The monoisotopic (exact) mass is 200 g/mol. The van der Waals surface area contributed by atoms with Crippen LogP contribution in [0.3, 0.4) is 0 Å². The molecule has 0 saturated carbocycles. The van der Waals surface area contributed by atoms with Crippen LogP contribution in [0.1, 0.15) is 41.0 Å². The number of hydrogen-bond donors (Lipinski definition) is 1. The first-order chi connectivity index (χ1) is 6.47. The summed E-state index contributed by atoms with van der Waals surface area (Å²) in [5.74, 6) is 0.757. The zero-order chi connectivity index (χ0) is 11.1. The Bertz CT molecular complexity index is 132. The molecule has 0 spiro atoms. The smallest absolute Gasteiger partial charge is 0.0215 e. The van der Waals surface area contributed by atoms with Crippen LogP contribution >= 0.6 is 0 Å². The maximum absolute atomic E-state index is 3.51. The molecule has 1 unspecified atom stereocenters. The summed E-state index contributed by atoms with van der Waals surface area (Å²) >= 11 is 0. The molecular formula is C12H28N2.